The lowest BCUT2D eigenvalue weighted by Crippen LogP contribution is -2.43. The van der Waals surface area contributed by atoms with Gasteiger partial charge < -0.3 is 15.2 Å². The fraction of sp³-hybridized carbons (Fsp3) is 0.121. The second-order valence-corrected chi connectivity index (χ2v) is 11.0. The number of aromatic nitrogens is 2. The first kappa shape index (κ1) is 25.0. The van der Waals surface area contributed by atoms with Gasteiger partial charge in [0.15, 0.2) is 4.96 Å². The third-order valence-electron chi connectivity index (χ3n) is 7.63. The van der Waals surface area contributed by atoms with Crippen molar-refractivity contribution in [3.8, 4) is 22.4 Å². The first-order valence-electron chi connectivity index (χ1n) is 13.4. The molecule has 1 amide bonds. The Morgan fingerprint density at radius 1 is 0.878 bits per heavy atom. The Kier molecular flexibility index (Phi) is 6.24. The number of benzene rings is 4. The molecule has 1 atom stereocenters. The largest absolute Gasteiger partial charge is 0.480 e. The Morgan fingerprint density at radius 2 is 1.51 bits per heavy atom. The predicted octanol–water partition coefficient (Wildman–Crippen LogP) is 6.75. The van der Waals surface area contributed by atoms with E-state index >= 15 is 0 Å². The van der Waals surface area contributed by atoms with E-state index in [1.807, 2.05) is 95.4 Å². The molecule has 202 valence electrons. The highest BCUT2D eigenvalue weighted by atomic mass is 32.1. The molecule has 6 aromatic rings. The van der Waals surface area contributed by atoms with Crippen LogP contribution in [0.5, 0.6) is 0 Å². The smallest absolute Gasteiger partial charge is 0.407 e. The van der Waals surface area contributed by atoms with E-state index in [1.165, 1.54) is 0 Å². The summed E-state index contributed by atoms with van der Waals surface area (Å²) in [4.78, 5) is 31.1. The molecule has 2 heterocycles. The normalized spacial score (nSPS) is 13.2. The van der Waals surface area contributed by atoms with Crippen LogP contribution in [0.25, 0.3) is 37.6 Å². The third-order valence-corrected chi connectivity index (χ3v) is 8.65. The van der Waals surface area contributed by atoms with Gasteiger partial charge >= 0.3 is 12.1 Å². The molecule has 0 aliphatic heterocycles. The van der Waals surface area contributed by atoms with E-state index in [4.69, 9.17) is 9.72 Å². The number of thiazole rings is 1. The number of carbonyl (C=O) groups excluding carboxylic acids is 1. The number of hydrogen-bond acceptors (Lipinski definition) is 5. The molecule has 1 aliphatic carbocycles. The molecule has 7 nitrogen and oxygen atoms in total. The number of alkyl carbamates (subject to hydrolysis) is 1. The van der Waals surface area contributed by atoms with E-state index in [-0.39, 0.29) is 18.9 Å². The second-order valence-electron chi connectivity index (χ2n) is 10.0. The lowest BCUT2D eigenvalue weighted by Gasteiger charge is -2.18. The maximum absolute atomic E-state index is 13.0. The molecule has 7 rings (SSSR count). The van der Waals surface area contributed by atoms with E-state index in [0.717, 1.165) is 48.7 Å². The van der Waals surface area contributed by atoms with Gasteiger partial charge in [-0.1, -0.05) is 102 Å². The molecule has 1 unspecified atom stereocenters. The Labute approximate surface area is 239 Å². The summed E-state index contributed by atoms with van der Waals surface area (Å²) >= 11 is 1.54. The van der Waals surface area contributed by atoms with Crippen LogP contribution in [0.15, 0.2) is 103 Å². The average Bonchev–Trinajstić information content (AvgIpc) is 3.64. The van der Waals surface area contributed by atoms with Gasteiger partial charge in [0.1, 0.15) is 12.6 Å². The number of amides is 1. The lowest BCUT2D eigenvalue weighted by atomic mass is 9.98. The van der Waals surface area contributed by atoms with E-state index in [0.29, 0.717) is 5.69 Å². The molecule has 0 spiro atoms. The van der Waals surface area contributed by atoms with Gasteiger partial charge in [0, 0.05) is 17.9 Å². The SMILES string of the molecule is O=C(NC(Cc1c(-c2ccccc2)nc2sc3ccccc3n12)C(=O)O)OCC1c2ccccc2-c2ccccc21. The standard InChI is InChI=1S/C33H25N3O4S/c37-31(38)26(34-33(39)40-19-25-23-14-6-4-12-21(23)22-13-5-7-15-24(22)25)18-28-30(20-10-2-1-3-11-20)35-32-36(28)27-16-8-9-17-29(27)41-32/h1-17,25-26H,18-19H2,(H,34,39)(H,37,38). The Morgan fingerprint density at radius 3 is 2.22 bits per heavy atom. The number of fused-ring (bicyclic) bond motifs is 6. The van der Waals surface area contributed by atoms with Gasteiger partial charge in [0.25, 0.3) is 0 Å². The molecular formula is C33H25N3O4S. The Bertz CT molecular complexity index is 1880. The van der Waals surface area contributed by atoms with Crippen LogP contribution in [0.4, 0.5) is 4.79 Å². The number of rotatable bonds is 7. The number of imidazole rings is 1. The van der Waals surface area contributed by atoms with Gasteiger partial charge in [0.2, 0.25) is 0 Å². The predicted molar refractivity (Wildman–Crippen MR) is 159 cm³/mol. The summed E-state index contributed by atoms with van der Waals surface area (Å²) in [5.41, 5.74) is 7.68. The summed E-state index contributed by atoms with van der Waals surface area (Å²) in [6.45, 7) is 0.105. The molecule has 4 aromatic carbocycles. The lowest BCUT2D eigenvalue weighted by molar-refractivity contribution is -0.139. The summed E-state index contributed by atoms with van der Waals surface area (Å²) in [6.07, 6.45) is -0.734. The molecule has 0 fully saturated rings. The summed E-state index contributed by atoms with van der Waals surface area (Å²) in [5.74, 6) is -1.26. The minimum atomic E-state index is -1.22. The monoisotopic (exact) mass is 559 g/mol. The van der Waals surface area contributed by atoms with Gasteiger partial charge in [-0.2, -0.15) is 0 Å². The number of carbonyl (C=O) groups is 2. The van der Waals surface area contributed by atoms with Crippen molar-refractivity contribution in [1.82, 2.24) is 14.7 Å². The van der Waals surface area contributed by atoms with Crippen molar-refractivity contribution in [3.63, 3.8) is 0 Å². The number of nitrogens with one attached hydrogen (secondary N) is 1. The van der Waals surface area contributed by atoms with Crippen molar-refractivity contribution in [3.05, 3.63) is 120 Å². The molecule has 41 heavy (non-hydrogen) atoms. The van der Waals surface area contributed by atoms with Crippen molar-refractivity contribution in [2.24, 2.45) is 0 Å². The zero-order chi connectivity index (χ0) is 27.9. The van der Waals surface area contributed by atoms with E-state index in [2.05, 4.69) is 17.4 Å². The molecule has 0 radical (unpaired) electrons. The summed E-state index contributed by atoms with van der Waals surface area (Å²) in [6, 6.07) is 32.6. The van der Waals surface area contributed by atoms with Crippen LogP contribution in [0.2, 0.25) is 0 Å². The summed E-state index contributed by atoms with van der Waals surface area (Å²) < 4.78 is 8.71. The third kappa shape index (κ3) is 4.42. The number of ether oxygens (including phenoxy) is 1. The molecule has 0 saturated heterocycles. The van der Waals surface area contributed by atoms with Gasteiger partial charge in [-0.3, -0.25) is 4.40 Å². The van der Waals surface area contributed by atoms with E-state index in [1.54, 1.807) is 11.3 Å². The molecule has 2 N–H and O–H groups in total. The van der Waals surface area contributed by atoms with Crippen LogP contribution < -0.4 is 5.32 Å². The molecule has 0 saturated carbocycles. The van der Waals surface area contributed by atoms with E-state index in [9.17, 15) is 14.7 Å². The van der Waals surface area contributed by atoms with Crippen LogP contribution in [0, 0.1) is 0 Å². The van der Waals surface area contributed by atoms with Crippen LogP contribution >= 0.6 is 11.3 Å². The zero-order valence-corrected chi connectivity index (χ0v) is 22.7. The highest BCUT2D eigenvalue weighted by Gasteiger charge is 2.31. The van der Waals surface area contributed by atoms with Gasteiger partial charge in [-0.15, -0.1) is 0 Å². The highest BCUT2D eigenvalue weighted by Crippen LogP contribution is 2.44. The Hall–Kier alpha value is -4.95. The molecule has 0 bridgehead atoms. The van der Waals surface area contributed by atoms with Crippen molar-refractivity contribution >= 4 is 38.6 Å². The first-order valence-corrected chi connectivity index (χ1v) is 14.2. The number of aliphatic carboxylic acids is 1. The van der Waals surface area contributed by atoms with E-state index < -0.39 is 18.1 Å². The van der Waals surface area contributed by atoms with Crippen molar-refractivity contribution < 1.29 is 19.4 Å². The first-order chi connectivity index (χ1) is 20.1. The number of carboxylic acids is 1. The zero-order valence-electron chi connectivity index (χ0n) is 21.9. The Balaban J connectivity index is 1.16. The van der Waals surface area contributed by atoms with Crippen LogP contribution in [-0.4, -0.2) is 39.2 Å². The fourth-order valence-electron chi connectivity index (χ4n) is 5.77. The number of carboxylic acid groups (broad SMARTS) is 1. The molecule has 1 aliphatic rings. The fourth-order valence-corrected chi connectivity index (χ4v) is 6.81. The number of nitrogens with zero attached hydrogens (tertiary/aromatic N) is 2. The maximum Gasteiger partial charge on any atom is 0.407 e. The summed E-state index contributed by atoms with van der Waals surface area (Å²) in [5, 5.41) is 12.8. The van der Waals surface area contributed by atoms with Gasteiger partial charge in [0.05, 0.1) is 21.6 Å². The number of para-hydroxylation sites is 1. The van der Waals surface area contributed by atoms with Crippen LogP contribution in [0.1, 0.15) is 22.7 Å². The van der Waals surface area contributed by atoms with Crippen molar-refractivity contribution in [2.75, 3.05) is 6.61 Å². The number of hydrogen-bond donors (Lipinski definition) is 2. The summed E-state index contributed by atoms with van der Waals surface area (Å²) in [7, 11) is 0. The van der Waals surface area contributed by atoms with Gasteiger partial charge in [-0.05, 0) is 34.4 Å². The quantitative estimate of drug-likeness (QED) is 0.226. The van der Waals surface area contributed by atoms with Crippen LogP contribution in [-0.2, 0) is 16.0 Å². The second kappa shape index (κ2) is 10.2. The van der Waals surface area contributed by atoms with Gasteiger partial charge in [-0.25, -0.2) is 14.6 Å². The van der Waals surface area contributed by atoms with Crippen molar-refractivity contribution in [1.29, 1.82) is 0 Å². The minimum Gasteiger partial charge on any atom is -0.480 e. The highest BCUT2D eigenvalue weighted by molar-refractivity contribution is 7.23. The maximum atomic E-state index is 13.0. The molecule has 2 aromatic heterocycles. The topological polar surface area (TPSA) is 92.9 Å². The minimum absolute atomic E-state index is 0.0334. The molecule has 8 heteroatoms. The molecular weight excluding hydrogens is 534 g/mol. The van der Waals surface area contributed by atoms with Crippen LogP contribution in [0.3, 0.4) is 0 Å². The van der Waals surface area contributed by atoms with Crippen molar-refractivity contribution in [2.45, 2.75) is 18.4 Å². The average molecular weight is 560 g/mol.